The Morgan fingerprint density at radius 3 is 2.88 bits per heavy atom. The van der Waals surface area contributed by atoms with Gasteiger partial charge >= 0.3 is 0 Å². The number of nitrogens with two attached hydrogens (primary N) is 1. The fraction of sp³-hybridized carbons (Fsp3) is 0.769. The molecule has 1 saturated carbocycles. The average Bonchev–Trinajstić information content (AvgIpc) is 2.58. The predicted octanol–water partition coefficient (Wildman–Crippen LogP) is 2.05. The summed E-state index contributed by atoms with van der Waals surface area (Å²) in [6.07, 6.45) is 8.17. The van der Waals surface area contributed by atoms with Crippen LogP contribution in [-0.4, -0.2) is 23.4 Å². The molecule has 0 amide bonds. The van der Waals surface area contributed by atoms with Crippen LogP contribution >= 0.6 is 0 Å². The van der Waals surface area contributed by atoms with Crippen LogP contribution < -0.4 is 10.5 Å². The van der Waals surface area contributed by atoms with E-state index in [2.05, 4.69) is 5.10 Å². The number of hydrogen-bond acceptors (Lipinski definition) is 3. The van der Waals surface area contributed by atoms with E-state index < -0.39 is 0 Å². The van der Waals surface area contributed by atoms with E-state index in [0.717, 1.165) is 12.3 Å². The lowest BCUT2D eigenvalue weighted by Gasteiger charge is -2.24. The van der Waals surface area contributed by atoms with Gasteiger partial charge in [-0.05, 0) is 25.3 Å². The zero-order chi connectivity index (χ0) is 12.3. The van der Waals surface area contributed by atoms with Gasteiger partial charge in [0.15, 0.2) is 5.75 Å². The Labute approximate surface area is 103 Å². The molecule has 1 fully saturated rings. The minimum atomic E-state index is 0.505. The fourth-order valence-electron chi connectivity index (χ4n) is 3.03. The van der Waals surface area contributed by atoms with Crippen molar-refractivity contribution in [2.75, 3.05) is 13.7 Å². The molecule has 4 heteroatoms. The Hall–Kier alpha value is -1.03. The summed E-state index contributed by atoms with van der Waals surface area (Å²) in [7, 11) is 3.71. The molecule has 96 valence electrons. The van der Waals surface area contributed by atoms with Crippen LogP contribution in [0.15, 0.2) is 6.20 Å². The second-order valence-corrected chi connectivity index (χ2v) is 4.96. The minimum Gasteiger partial charge on any atom is -0.493 e. The third kappa shape index (κ3) is 2.46. The van der Waals surface area contributed by atoms with Gasteiger partial charge in [0.25, 0.3) is 0 Å². The van der Waals surface area contributed by atoms with Gasteiger partial charge < -0.3 is 10.5 Å². The molecule has 4 nitrogen and oxygen atoms in total. The Morgan fingerprint density at radius 2 is 2.18 bits per heavy atom. The minimum absolute atomic E-state index is 0.505. The van der Waals surface area contributed by atoms with Gasteiger partial charge in [0, 0.05) is 13.0 Å². The van der Waals surface area contributed by atoms with Gasteiger partial charge in [0.1, 0.15) is 0 Å². The summed E-state index contributed by atoms with van der Waals surface area (Å²) < 4.78 is 7.38. The predicted molar refractivity (Wildman–Crippen MR) is 68.1 cm³/mol. The number of methoxy groups -OCH3 is 1. The van der Waals surface area contributed by atoms with Gasteiger partial charge in [-0.25, -0.2) is 0 Å². The summed E-state index contributed by atoms with van der Waals surface area (Å²) in [6, 6.07) is 0. The van der Waals surface area contributed by atoms with Gasteiger partial charge in [-0.15, -0.1) is 0 Å². The average molecular weight is 237 g/mol. The van der Waals surface area contributed by atoms with Crippen molar-refractivity contribution in [3.05, 3.63) is 11.9 Å². The largest absolute Gasteiger partial charge is 0.493 e. The summed E-state index contributed by atoms with van der Waals surface area (Å²) in [6.45, 7) is 0.763. The third-order valence-electron chi connectivity index (χ3n) is 3.98. The number of ether oxygens (including phenoxy) is 1. The molecule has 2 atom stereocenters. The second kappa shape index (κ2) is 5.54. The molecule has 1 aromatic heterocycles. The quantitative estimate of drug-likeness (QED) is 0.819. The van der Waals surface area contributed by atoms with E-state index in [9.17, 15) is 0 Å². The molecule has 1 aromatic rings. The van der Waals surface area contributed by atoms with Gasteiger partial charge in [0.05, 0.1) is 19.0 Å². The highest BCUT2D eigenvalue weighted by molar-refractivity contribution is 5.29. The molecule has 2 rings (SSSR count). The summed E-state index contributed by atoms with van der Waals surface area (Å²) in [5.41, 5.74) is 7.17. The van der Waals surface area contributed by atoms with Crippen molar-refractivity contribution < 1.29 is 4.74 Å². The molecule has 2 unspecified atom stereocenters. The lowest BCUT2D eigenvalue weighted by molar-refractivity contribution is 0.360. The summed E-state index contributed by atoms with van der Waals surface area (Å²) in [5, 5.41) is 4.31. The van der Waals surface area contributed by atoms with Gasteiger partial charge in [0.2, 0.25) is 0 Å². The van der Waals surface area contributed by atoms with Crippen molar-refractivity contribution in [1.29, 1.82) is 0 Å². The topological polar surface area (TPSA) is 53.1 Å². The van der Waals surface area contributed by atoms with Crippen LogP contribution in [0.25, 0.3) is 0 Å². The zero-order valence-corrected chi connectivity index (χ0v) is 10.9. The molecular formula is C13H23N3O. The Balaban J connectivity index is 2.30. The molecule has 0 radical (unpaired) electrons. The van der Waals surface area contributed by atoms with Crippen LogP contribution in [0.5, 0.6) is 5.75 Å². The molecule has 17 heavy (non-hydrogen) atoms. The van der Waals surface area contributed by atoms with Crippen molar-refractivity contribution in [2.24, 2.45) is 18.7 Å². The SMILES string of the molecule is COc1cnn(C)c1C1CCCCCC1CN. The Bertz CT molecular complexity index is 362. The summed E-state index contributed by atoms with van der Waals surface area (Å²) >= 11 is 0. The molecule has 0 saturated heterocycles. The van der Waals surface area contributed by atoms with Crippen LogP contribution in [0, 0.1) is 5.92 Å². The van der Waals surface area contributed by atoms with Crippen LogP contribution in [0.4, 0.5) is 0 Å². The first-order valence-corrected chi connectivity index (χ1v) is 6.54. The first kappa shape index (κ1) is 12.4. The molecule has 0 aliphatic heterocycles. The maximum Gasteiger partial charge on any atom is 0.160 e. The monoisotopic (exact) mass is 237 g/mol. The van der Waals surface area contributed by atoms with Gasteiger partial charge in [-0.2, -0.15) is 5.10 Å². The lowest BCUT2D eigenvalue weighted by Crippen LogP contribution is -2.23. The molecular weight excluding hydrogens is 214 g/mol. The van der Waals surface area contributed by atoms with E-state index in [-0.39, 0.29) is 0 Å². The van der Waals surface area contributed by atoms with E-state index in [1.54, 1.807) is 7.11 Å². The number of hydrogen-bond donors (Lipinski definition) is 1. The van der Waals surface area contributed by atoms with Crippen LogP contribution in [-0.2, 0) is 7.05 Å². The Kier molecular flexibility index (Phi) is 4.05. The van der Waals surface area contributed by atoms with E-state index in [4.69, 9.17) is 10.5 Å². The standard InChI is InChI=1S/C13H23N3O/c1-16-13(12(17-2)9-15-16)11-7-5-3-4-6-10(11)8-14/h9-11H,3-8,14H2,1-2H3. The molecule has 0 spiro atoms. The second-order valence-electron chi connectivity index (χ2n) is 4.96. The van der Waals surface area contributed by atoms with E-state index in [1.807, 2.05) is 17.9 Å². The van der Waals surface area contributed by atoms with Gasteiger partial charge in [-0.1, -0.05) is 19.3 Å². The lowest BCUT2D eigenvalue weighted by atomic mass is 9.85. The highest BCUT2D eigenvalue weighted by atomic mass is 16.5. The normalized spacial score (nSPS) is 25.6. The maximum absolute atomic E-state index is 5.94. The molecule has 2 N–H and O–H groups in total. The van der Waals surface area contributed by atoms with Crippen molar-refractivity contribution in [3.8, 4) is 5.75 Å². The first-order chi connectivity index (χ1) is 8.27. The number of aryl methyl sites for hydroxylation is 1. The van der Waals surface area contributed by atoms with E-state index in [1.165, 1.54) is 37.8 Å². The van der Waals surface area contributed by atoms with E-state index in [0.29, 0.717) is 11.8 Å². The molecule has 0 bridgehead atoms. The van der Waals surface area contributed by atoms with Crippen molar-refractivity contribution in [1.82, 2.24) is 9.78 Å². The highest BCUT2D eigenvalue weighted by Gasteiger charge is 2.29. The number of rotatable bonds is 3. The third-order valence-corrected chi connectivity index (χ3v) is 3.98. The molecule has 0 aromatic carbocycles. The Morgan fingerprint density at radius 1 is 1.41 bits per heavy atom. The zero-order valence-electron chi connectivity index (χ0n) is 10.9. The fourth-order valence-corrected chi connectivity index (χ4v) is 3.03. The summed E-state index contributed by atoms with van der Waals surface area (Å²) in [4.78, 5) is 0. The first-order valence-electron chi connectivity index (χ1n) is 6.54. The summed E-state index contributed by atoms with van der Waals surface area (Å²) in [5.74, 6) is 1.99. The van der Waals surface area contributed by atoms with Crippen LogP contribution in [0.3, 0.4) is 0 Å². The number of aromatic nitrogens is 2. The molecule has 1 aliphatic carbocycles. The molecule has 1 aliphatic rings. The van der Waals surface area contributed by atoms with Gasteiger partial charge in [-0.3, -0.25) is 4.68 Å². The van der Waals surface area contributed by atoms with Crippen LogP contribution in [0.1, 0.15) is 43.7 Å². The van der Waals surface area contributed by atoms with Crippen molar-refractivity contribution >= 4 is 0 Å². The number of nitrogens with zero attached hydrogens (tertiary/aromatic N) is 2. The maximum atomic E-state index is 5.94. The van der Waals surface area contributed by atoms with E-state index >= 15 is 0 Å². The molecule has 1 heterocycles. The van der Waals surface area contributed by atoms with Crippen molar-refractivity contribution in [2.45, 2.75) is 38.0 Å². The van der Waals surface area contributed by atoms with Crippen molar-refractivity contribution in [3.63, 3.8) is 0 Å². The smallest absolute Gasteiger partial charge is 0.160 e. The highest BCUT2D eigenvalue weighted by Crippen LogP contribution is 2.39. The van der Waals surface area contributed by atoms with Crippen LogP contribution in [0.2, 0.25) is 0 Å².